The number of benzene rings is 3. The van der Waals surface area contributed by atoms with Gasteiger partial charge in [0.25, 0.3) is 0 Å². The average Bonchev–Trinajstić information content (AvgIpc) is 2.72. The number of halogens is 1. The molecule has 5 heteroatoms. The number of hydrogen-bond acceptors (Lipinski definition) is 4. The summed E-state index contributed by atoms with van der Waals surface area (Å²) in [5, 5.41) is 0.678. The van der Waals surface area contributed by atoms with Crippen molar-refractivity contribution in [3.63, 3.8) is 0 Å². The first-order valence-corrected chi connectivity index (χ1v) is 8.80. The zero-order valence-corrected chi connectivity index (χ0v) is 15.6. The Balaban J connectivity index is 1.75. The molecule has 27 heavy (non-hydrogen) atoms. The van der Waals surface area contributed by atoms with Crippen molar-refractivity contribution in [3.8, 4) is 11.5 Å². The number of carbonyl (C=O) groups is 1. The molecule has 138 valence electrons. The predicted octanol–water partition coefficient (Wildman–Crippen LogP) is 5.28. The number of rotatable bonds is 7. The van der Waals surface area contributed by atoms with Crippen LogP contribution in [0, 0.1) is 0 Å². The molecule has 0 radical (unpaired) electrons. The summed E-state index contributed by atoms with van der Waals surface area (Å²) < 4.78 is 16.5. The molecule has 0 spiro atoms. The summed E-state index contributed by atoms with van der Waals surface area (Å²) >= 11 is 5.89. The van der Waals surface area contributed by atoms with Gasteiger partial charge in [-0.15, -0.1) is 0 Å². The molecule has 0 heterocycles. The smallest absolute Gasteiger partial charge is 0.341 e. The number of ether oxygens (including phenoxy) is 3. The van der Waals surface area contributed by atoms with E-state index in [2.05, 4.69) is 0 Å². The van der Waals surface area contributed by atoms with Crippen LogP contribution in [0.2, 0.25) is 5.02 Å². The molecule has 0 amide bonds. The van der Waals surface area contributed by atoms with Gasteiger partial charge in [0, 0.05) is 11.1 Å². The van der Waals surface area contributed by atoms with Crippen molar-refractivity contribution in [3.05, 3.63) is 94.5 Å². The van der Waals surface area contributed by atoms with Gasteiger partial charge in [0.15, 0.2) is 0 Å². The maximum atomic E-state index is 12.0. The lowest BCUT2D eigenvalue weighted by Gasteiger charge is -2.13. The Bertz CT molecular complexity index is 892. The number of methoxy groups -OCH3 is 1. The second-order valence-electron chi connectivity index (χ2n) is 5.84. The maximum absolute atomic E-state index is 12.0. The van der Waals surface area contributed by atoms with E-state index in [-0.39, 0.29) is 0 Å². The number of carbonyl (C=O) groups excluding carboxylic acids is 1. The van der Waals surface area contributed by atoms with Crippen LogP contribution < -0.4 is 9.47 Å². The van der Waals surface area contributed by atoms with Crippen LogP contribution in [0.3, 0.4) is 0 Å². The Morgan fingerprint density at radius 2 is 1.52 bits per heavy atom. The minimum atomic E-state index is -0.456. The monoisotopic (exact) mass is 382 g/mol. The highest BCUT2D eigenvalue weighted by molar-refractivity contribution is 6.30. The van der Waals surface area contributed by atoms with Crippen molar-refractivity contribution >= 4 is 17.6 Å². The van der Waals surface area contributed by atoms with Crippen molar-refractivity contribution in [2.24, 2.45) is 0 Å². The normalized spacial score (nSPS) is 10.3. The summed E-state index contributed by atoms with van der Waals surface area (Å²) in [6.07, 6.45) is 0. The zero-order valence-electron chi connectivity index (χ0n) is 14.9. The highest BCUT2D eigenvalue weighted by Gasteiger charge is 2.15. The summed E-state index contributed by atoms with van der Waals surface area (Å²) in [6, 6.07) is 22.2. The van der Waals surface area contributed by atoms with Gasteiger partial charge in [-0.05, 0) is 35.4 Å². The van der Waals surface area contributed by atoms with Gasteiger partial charge in [-0.25, -0.2) is 4.79 Å². The lowest BCUT2D eigenvalue weighted by molar-refractivity contribution is 0.0595. The summed E-state index contributed by atoms with van der Waals surface area (Å²) in [5.74, 6) is 0.558. The topological polar surface area (TPSA) is 44.8 Å². The molecule has 3 rings (SSSR count). The Morgan fingerprint density at radius 1 is 0.852 bits per heavy atom. The molecular weight excluding hydrogens is 364 g/mol. The Kier molecular flexibility index (Phi) is 6.34. The van der Waals surface area contributed by atoms with E-state index in [1.165, 1.54) is 7.11 Å². The number of hydrogen-bond donors (Lipinski definition) is 0. The minimum absolute atomic E-state index is 0.339. The molecule has 0 aliphatic carbocycles. The summed E-state index contributed by atoms with van der Waals surface area (Å²) in [4.78, 5) is 12.0. The predicted molar refractivity (Wildman–Crippen MR) is 104 cm³/mol. The summed E-state index contributed by atoms with van der Waals surface area (Å²) in [6.45, 7) is 0.721. The van der Waals surface area contributed by atoms with Crippen molar-refractivity contribution in [1.29, 1.82) is 0 Å². The molecule has 0 unspecified atom stereocenters. The summed E-state index contributed by atoms with van der Waals surface area (Å²) in [7, 11) is 1.34. The van der Waals surface area contributed by atoms with Gasteiger partial charge in [-0.3, -0.25) is 0 Å². The van der Waals surface area contributed by atoms with E-state index < -0.39 is 5.97 Å². The zero-order chi connectivity index (χ0) is 19.1. The highest BCUT2D eigenvalue weighted by atomic mass is 35.5. The van der Waals surface area contributed by atoms with Gasteiger partial charge in [0.1, 0.15) is 30.3 Å². The fourth-order valence-corrected chi connectivity index (χ4v) is 2.60. The first kappa shape index (κ1) is 18.8. The second kappa shape index (κ2) is 9.10. The van der Waals surface area contributed by atoms with Crippen molar-refractivity contribution in [2.45, 2.75) is 13.2 Å². The van der Waals surface area contributed by atoms with E-state index in [9.17, 15) is 4.79 Å². The fraction of sp³-hybridized carbons (Fsp3) is 0.136. The number of esters is 1. The van der Waals surface area contributed by atoms with Crippen LogP contribution in [0.4, 0.5) is 0 Å². The first-order valence-electron chi connectivity index (χ1n) is 8.42. The third-order valence-corrected chi connectivity index (χ3v) is 4.17. The van der Waals surface area contributed by atoms with Gasteiger partial charge in [-0.1, -0.05) is 54.1 Å². The maximum Gasteiger partial charge on any atom is 0.341 e. The molecule has 4 nitrogen and oxygen atoms in total. The van der Waals surface area contributed by atoms with E-state index in [1.54, 1.807) is 18.2 Å². The SMILES string of the molecule is COC(=O)c1ccc(OCc2ccc(Cl)cc2)cc1OCc1ccccc1. The van der Waals surface area contributed by atoms with Gasteiger partial charge in [0.05, 0.1) is 7.11 Å². The lowest BCUT2D eigenvalue weighted by Crippen LogP contribution is -2.06. The Hall–Kier alpha value is -2.98. The quantitative estimate of drug-likeness (QED) is 0.521. The van der Waals surface area contributed by atoms with Gasteiger partial charge >= 0.3 is 5.97 Å². The molecule has 0 N–H and O–H groups in total. The molecule has 0 fully saturated rings. The average molecular weight is 383 g/mol. The first-order chi connectivity index (χ1) is 13.2. The van der Waals surface area contributed by atoms with E-state index in [0.717, 1.165) is 11.1 Å². The molecular formula is C22H19ClO4. The molecule has 3 aromatic carbocycles. The van der Waals surface area contributed by atoms with Gasteiger partial charge < -0.3 is 14.2 Å². The summed E-state index contributed by atoms with van der Waals surface area (Å²) in [5.41, 5.74) is 2.34. The van der Waals surface area contributed by atoms with Crippen molar-refractivity contribution < 1.29 is 19.0 Å². The van der Waals surface area contributed by atoms with Crippen LogP contribution in [-0.2, 0) is 18.0 Å². The largest absolute Gasteiger partial charge is 0.489 e. The standard InChI is InChI=1S/C22H19ClO4/c1-25-22(24)20-12-11-19(26-14-17-7-9-18(23)10-8-17)13-21(20)27-15-16-5-3-2-4-6-16/h2-13H,14-15H2,1H3. The molecule has 0 aliphatic rings. The molecule has 0 aromatic heterocycles. The molecule has 0 saturated carbocycles. The molecule has 3 aromatic rings. The van der Waals surface area contributed by atoms with Crippen molar-refractivity contribution in [1.82, 2.24) is 0 Å². The van der Waals surface area contributed by atoms with E-state index in [1.807, 2.05) is 54.6 Å². The Labute approximate surface area is 163 Å². The molecule has 0 bridgehead atoms. The Morgan fingerprint density at radius 3 is 2.22 bits per heavy atom. The van der Waals surface area contributed by atoms with Crippen LogP contribution >= 0.6 is 11.6 Å². The minimum Gasteiger partial charge on any atom is -0.489 e. The fourth-order valence-electron chi connectivity index (χ4n) is 2.47. The second-order valence-corrected chi connectivity index (χ2v) is 6.28. The molecule has 0 saturated heterocycles. The van der Waals surface area contributed by atoms with E-state index >= 15 is 0 Å². The van der Waals surface area contributed by atoms with E-state index in [0.29, 0.717) is 35.3 Å². The van der Waals surface area contributed by atoms with Crippen LogP contribution in [-0.4, -0.2) is 13.1 Å². The van der Waals surface area contributed by atoms with Crippen LogP contribution in [0.1, 0.15) is 21.5 Å². The van der Waals surface area contributed by atoms with Gasteiger partial charge in [-0.2, -0.15) is 0 Å². The third-order valence-electron chi connectivity index (χ3n) is 3.91. The highest BCUT2D eigenvalue weighted by Crippen LogP contribution is 2.27. The molecule has 0 atom stereocenters. The van der Waals surface area contributed by atoms with Crippen molar-refractivity contribution in [2.75, 3.05) is 7.11 Å². The van der Waals surface area contributed by atoms with E-state index in [4.69, 9.17) is 25.8 Å². The van der Waals surface area contributed by atoms with Gasteiger partial charge in [0.2, 0.25) is 0 Å². The lowest BCUT2D eigenvalue weighted by atomic mass is 10.2. The van der Waals surface area contributed by atoms with Crippen LogP contribution in [0.5, 0.6) is 11.5 Å². The third kappa shape index (κ3) is 5.25. The van der Waals surface area contributed by atoms with Crippen LogP contribution in [0.25, 0.3) is 0 Å². The molecule has 0 aliphatic heterocycles. The van der Waals surface area contributed by atoms with Crippen LogP contribution in [0.15, 0.2) is 72.8 Å².